The first-order chi connectivity index (χ1) is 14.9. The second-order valence-corrected chi connectivity index (χ2v) is 9.43. The second kappa shape index (κ2) is 7.66. The highest BCUT2D eigenvalue weighted by atomic mass is 32.1. The molecule has 6 nitrogen and oxygen atoms in total. The van der Waals surface area contributed by atoms with Gasteiger partial charge in [0, 0.05) is 18.6 Å². The molecule has 0 bridgehead atoms. The van der Waals surface area contributed by atoms with Crippen LogP contribution in [0.3, 0.4) is 0 Å². The number of thiazole rings is 1. The number of piperidine rings is 1. The monoisotopic (exact) mass is 435 g/mol. The van der Waals surface area contributed by atoms with Gasteiger partial charge in [0.2, 0.25) is 11.3 Å². The Kier molecular flexibility index (Phi) is 4.95. The van der Waals surface area contributed by atoms with Gasteiger partial charge in [-0.15, -0.1) is 11.3 Å². The van der Waals surface area contributed by atoms with Gasteiger partial charge in [0.25, 0.3) is 0 Å². The highest BCUT2D eigenvalue weighted by Gasteiger charge is 2.28. The van der Waals surface area contributed by atoms with Crippen LogP contribution in [0.1, 0.15) is 38.7 Å². The third kappa shape index (κ3) is 3.38. The first-order valence-corrected chi connectivity index (χ1v) is 11.4. The summed E-state index contributed by atoms with van der Waals surface area (Å²) in [5.41, 5.74) is 8.10. The molecule has 2 aromatic carbocycles. The maximum Gasteiger partial charge on any atom is 0.205 e. The molecule has 3 N–H and O–H groups in total. The fourth-order valence-electron chi connectivity index (χ4n) is 4.62. The molecule has 3 heterocycles. The fraction of sp³-hybridized carbons (Fsp3) is 0.333. The van der Waals surface area contributed by atoms with E-state index in [-0.39, 0.29) is 22.6 Å². The Bertz CT molecular complexity index is 1300. The number of anilines is 1. The number of para-hydroxylation sites is 1. The van der Waals surface area contributed by atoms with E-state index in [2.05, 4.69) is 23.7 Å². The summed E-state index contributed by atoms with van der Waals surface area (Å²) in [6, 6.07) is 11.7. The lowest BCUT2D eigenvalue weighted by atomic mass is 9.96. The SMILES string of the molecule is C[C@@H]1CCC[C@H](C)N1Cc1c(O)ccc2c(=O)c(-c3nc4ccccc4s3)c(N)oc12. The fourth-order valence-corrected chi connectivity index (χ4v) is 5.64. The molecule has 1 aliphatic rings. The van der Waals surface area contributed by atoms with Gasteiger partial charge in [-0.05, 0) is 51.0 Å². The predicted octanol–water partition coefficient (Wildman–Crippen LogP) is 5.12. The van der Waals surface area contributed by atoms with E-state index < -0.39 is 0 Å². The maximum absolute atomic E-state index is 13.4. The summed E-state index contributed by atoms with van der Waals surface area (Å²) in [5.74, 6) is 0.149. The van der Waals surface area contributed by atoms with Crippen LogP contribution in [0.2, 0.25) is 0 Å². The summed E-state index contributed by atoms with van der Waals surface area (Å²) in [6.45, 7) is 4.91. The van der Waals surface area contributed by atoms with Gasteiger partial charge in [0.05, 0.1) is 21.2 Å². The molecule has 7 heteroatoms. The minimum absolute atomic E-state index is 0.0307. The van der Waals surface area contributed by atoms with Crippen LogP contribution in [0.4, 0.5) is 5.88 Å². The molecule has 0 radical (unpaired) electrons. The van der Waals surface area contributed by atoms with Crippen molar-refractivity contribution >= 4 is 38.4 Å². The second-order valence-electron chi connectivity index (χ2n) is 8.40. The van der Waals surface area contributed by atoms with Crippen LogP contribution in [0.25, 0.3) is 31.8 Å². The summed E-state index contributed by atoms with van der Waals surface area (Å²) in [6.07, 6.45) is 3.43. The lowest BCUT2D eigenvalue weighted by Crippen LogP contribution is -2.43. The van der Waals surface area contributed by atoms with Crippen molar-refractivity contribution in [3.05, 3.63) is 52.2 Å². The molecule has 2 atom stereocenters. The molecular weight excluding hydrogens is 410 g/mol. The van der Waals surface area contributed by atoms with E-state index in [1.807, 2.05) is 24.3 Å². The Morgan fingerprint density at radius 3 is 2.68 bits per heavy atom. The number of nitrogens with zero attached hydrogens (tertiary/aromatic N) is 2. The average molecular weight is 436 g/mol. The average Bonchev–Trinajstić information content (AvgIpc) is 3.16. The number of hydrogen-bond acceptors (Lipinski definition) is 7. The van der Waals surface area contributed by atoms with Crippen molar-refractivity contribution in [1.29, 1.82) is 0 Å². The van der Waals surface area contributed by atoms with Crippen molar-refractivity contribution in [2.24, 2.45) is 0 Å². The molecular formula is C24H25N3O3S. The Morgan fingerprint density at radius 1 is 1.19 bits per heavy atom. The molecule has 4 aromatic rings. The zero-order valence-corrected chi connectivity index (χ0v) is 18.4. The van der Waals surface area contributed by atoms with Gasteiger partial charge in [-0.2, -0.15) is 0 Å². The number of fused-ring (bicyclic) bond motifs is 2. The molecule has 1 aliphatic heterocycles. The quantitative estimate of drug-likeness (QED) is 0.464. The van der Waals surface area contributed by atoms with Gasteiger partial charge in [0.1, 0.15) is 21.9 Å². The van der Waals surface area contributed by atoms with Crippen LogP contribution >= 0.6 is 11.3 Å². The third-order valence-corrected chi connectivity index (χ3v) is 7.44. The van der Waals surface area contributed by atoms with Gasteiger partial charge in [-0.25, -0.2) is 4.98 Å². The number of hydrogen-bond donors (Lipinski definition) is 2. The van der Waals surface area contributed by atoms with Crippen molar-refractivity contribution in [2.45, 2.75) is 51.7 Å². The number of benzene rings is 2. The van der Waals surface area contributed by atoms with E-state index in [0.29, 0.717) is 40.2 Å². The molecule has 0 amide bonds. The summed E-state index contributed by atoms with van der Waals surface area (Å²) < 4.78 is 6.99. The van der Waals surface area contributed by atoms with E-state index in [1.165, 1.54) is 17.8 Å². The Balaban J connectivity index is 1.66. The normalized spacial score (nSPS) is 19.9. The molecule has 0 aliphatic carbocycles. The Hall–Kier alpha value is -2.90. The molecule has 0 spiro atoms. The lowest BCUT2D eigenvalue weighted by molar-refractivity contribution is 0.0945. The van der Waals surface area contributed by atoms with Crippen LogP contribution < -0.4 is 11.2 Å². The van der Waals surface area contributed by atoms with Crippen LogP contribution in [0, 0.1) is 0 Å². The van der Waals surface area contributed by atoms with E-state index in [1.54, 1.807) is 12.1 Å². The van der Waals surface area contributed by atoms with Crippen molar-refractivity contribution < 1.29 is 9.52 Å². The number of aromatic hydroxyl groups is 1. The van der Waals surface area contributed by atoms with E-state index in [4.69, 9.17) is 10.2 Å². The van der Waals surface area contributed by atoms with Crippen molar-refractivity contribution in [1.82, 2.24) is 9.88 Å². The zero-order chi connectivity index (χ0) is 21.7. The molecule has 160 valence electrons. The first-order valence-electron chi connectivity index (χ1n) is 10.6. The van der Waals surface area contributed by atoms with Crippen molar-refractivity contribution in [2.75, 3.05) is 5.73 Å². The van der Waals surface area contributed by atoms with E-state index >= 15 is 0 Å². The number of rotatable bonds is 3. The Labute approximate surface area is 183 Å². The minimum atomic E-state index is -0.223. The number of likely N-dealkylation sites (tertiary alicyclic amines) is 1. The van der Waals surface area contributed by atoms with E-state index in [0.717, 1.165) is 23.1 Å². The number of nitrogen functional groups attached to an aromatic ring is 1. The van der Waals surface area contributed by atoms with Crippen LogP contribution in [0.5, 0.6) is 5.75 Å². The predicted molar refractivity (Wildman–Crippen MR) is 125 cm³/mol. The molecule has 0 saturated carbocycles. The van der Waals surface area contributed by atoms with Gasteiger partial charge in [-0.3, -0.25) is 9.69 Å². The standard InChI is InChI=1S/C24H25N3O3S/c1-13-6-5-7-14(2)27(13)12-16-18(28)11-10-15-21(29)20(23(25)30-22(15)16)24-26-17-8-3-4-9-19(17)31-24/h3-4,8-11,13-14,28H,5-7,12,25H2,1-2H3/t13-,14+. The third-order valence-electron chi connectivity index (χ3n) is 6.39. The molecule has 1 saturated heterocycles. The van der Waals surface area contributed by atoms with Crippen LogP contribution in [-0.4, -0.2) is 27.1 Å². The number of nitrogens with two attached hydrogens (primary N) is 1. The Morgan fingerprint density at radius 2 is 1.94 bits per heavy atom. The van der Waals surface area contributed by atoms with Crippen molar-refractivity contribution in [3.63, 3.8) is 0 Å². The zero-order valence-electron chi connectivity index (χ0n) is 17.6. The van der Waals surface area contributed by atoms with Gasteiger partial charge >= 0.3 is 0 Å². The van der Waals surface area contributed by atoms with Gasteiger partial charge in [-0.1, -0.05) is 18.6 Å². The van der Waals surface area contributed by atoms with E-state index in [9.17, 15) is 9.90 Å². The minimum Gasteiger partial charge on any atom is -0.507 e. The number of phenols is 1. The van der Waals surface area contributed by atoms with Gasteiger partial charge in [0.15, 0.2) is 0 Å². The highest BCUT2D eigenvalue weighted by Crippen LogP contribution is 2.36. The van der Waals surface area contributed by atoms with Crippen molar-refractivity contribution in [3.8, 4) is 16.3 Å². The van der Waals surface area contributed by atoms with Crippen LogP contribution in [0.15, 0.2) is 45.6 Å². The smallest absolute Gasteiger partial charge is 0.205 e. The summed E-state index contributed by atoms with van der Waals surface area (Å²) in [5, 5.41) is 11.6. The molecule has 2 aromatic heterocycles. The molecule has 31 heavy (non-hydrogen) atoms. The summed E-state index contributed by atoms with van der Waals surface area (Å²) in [4.78, 5) is 20.4. The number of aromatic nitrogens is 1. The number of phenolic OH excluding ortho intramolecular Hbond substituents is 1. The lowest BCUT2D eigenvalue weighted by Gasteiger charge is -2.39. The molecule has 5 rings (SSSR count). The summed E-state index contributed by atoms with van der Waals surface area (Å²) >= 11 is 1.41. The largest absolute Gasteiger partial charge is 0.507 e. The molecule has 1 fully saturated rings. The van der Waals surface area contributed by atoms with Crippen LogP contribution in [-0.2, 0) is 6.54 Å². The highest BCUT2D eigenvalue weighted by molar-refractivity contribution is 7.21. The topological polar surface area (TPSA) is 92.6 Å². The first kappa shape index (κ1) is 20.0. The molecule has 0 unspecified atom stereocenters. The maximum atomic E-state index is 13.4. The van der Waals surface area contributed by atoms with Gasteiger partial charge < -0.3 is 15.3 Å². The summed E-state index contributed by atoms with van der Waals surface area (Å²) in [7, 11) is 0.